The van der Waals surface area contributed by atoms with E-state index in [4.69, 9.17) is 10.5 Å². The van der Waals surface area contributed by atoms with Gasteiger partial charge in [0.15, 0.2) is 10.8 Å². The van der Waals surface area contributed by atoms with E-state index in [1.807, 2.05) is 51.1 Å². The van der Waals surface area contributed by atoms with Gasteiger partial charge in [0, 0.05) is 25.0 Å². The van der Waals surface area contributed by atoms with Crippen molar-refractivity contribution in [2.24, 2.45) is 0 Å². The Labute approximate surface area is 201 Å². The van der Waals surface area contributed by atoms with Crippen LogP contribution >= 0.6 is 11.8 Å². The number of carbonyl (C=O) groups is 1. The first-order valence-electron chi connectivity index (χ1n) is 10.6. The number of thioether (sulfide) groups is 1. The highest BCUT2D eigenvalue weighted by Gasteiger charge is 2.24. The molecular formula is C23H28N6O4S. The number of hydrogen-bond donors (Lipinski definition) is 2. The number of anilines is 2. The lowest BCUT2D eigenvalue weighted by molar-refractivity contribution is -0.116. The summed E-state index contributed by atoms with van der Waals surface area (Å²) in [4.78, 5) is 50.9. The number of hydrogen-bond acceptors (Lipinski definition) is 8. The summed E-state index contributed by atoms with van der Waals surface area (Å²) in [6.07, 6.45) is 0. The smallest absolute Gasteiger partial charge is 0.330 e. The molecule has 3 rings (SSSR count). The molecule has 0 saturated carbocycles. The lowest BCUT2D eigenvalue weighted by atomic mass is 10.2. The Balaban J connectivity index is 1.93. The Kier molecular flexibility index (Phi) is 8.24. The predicted octanol–water partition coefficient (Wildman–Crippen LogP) is 1.65. The van der Waals surface area contributed by atoms with Gasteiger partial charge in [0.1, 0.15) is 5.82 Å². The van der Waals surface area contributed by atoms with Gasteiger partial charge >= 0.3 is 5.69 Å². The maximum absolute atomic E-state index is 13.2. The van der Waals surface area contributed by atoms with Crippen LogP contribution in [0.15, 0.2) is 45.1 Å². The van der Waals surface area contributed by atoms with Gasteiger partial charge in [-0.2, -0.15) is 0 Å². The van der Waals surface area contributed by atoms with Crippen LogP contribution in [0, 0.1) is 20.8 Å². The Bertz CT molecular complexity index is 1270. The van der Waals surface area contributed by atoms with E-state index < -0.39 is 11.2 Å². The molecule has 3 aromatic rings. The molecule has 2 heterocycles. The van der Waals surface area contributed by atoms with Crippen LogP contribution in [0.3, 0.4) is 0 Å². The van der Waals surface area contributed by atoms with Crippen molar-refractivity contribution in [3.8, 4) is 0 Å². The second-order valence-electron chi connectivity index (χ2n) is 7.69. The summed E-state index contributed by atoms with van der Waals surface area (Å²) in [6.45, 7) is 6.11. The van der Waals surface area contributed by atoms with E-state index in [1.54, 1.807) is 0 Å². The summed E-state index contributed by atoms with van der Waals surface area (Å²) in [7, 11) is 1.49. The molecule has 11 heteroatoms. The fourth-order valence-electron chi connectivity index (χ4n) is 3.32. The van der Waals surface area contributed by atoms with Crippen LogP contribution in [0.4, 0.5) is 11.5 Å². The summed E-state index contributed by atoms with van der Waals surface area (Å²) in [6, 6.07) is 9.22. The number of benzene rings is 1. The first-order valence-corrected chi connectivity index (χ1v) is 11.6. The molecule has 0 fully saturated rings. The third-order valence-electron chi connectivity index (χ3n) is 5.42. The minimum atomic E-state index is -0.737. The number of nitrogens with zero attached hydrogens (tertiary/aromatic N) is 4. The zero-order valence-electron chi connectivity index (χ0n) is 19.6. The summed E-state index contributed by atoms with van der Waals surface area (Å²) in [5.74, 6) is -0.503. The Morgan fingerprint density at radius 2 is 1.79 bits per heavy atom. The molecule has 3 N–H and O–H groups in total. The number of amides is 1. The number of nitrogens with two attached hydrogens (primary N) is 1. The lowest BCUT2D eigenvalue weighted by Crippen LogP contribution is -2.43. The van der Waals surface area contributed by atoms with Crippen LogP contribution in [0.1, 0.15) is 22.5 Å². The molecule has 0 radical (unpaired) electrons. The average molecular weight is 485 g/mol. The number of H-pyrrole nitrogens is 1. The van der Waals surface area contributed by atoms with Gasteiger partial charge in [-0.1, -0.05) is 42.1 Å². The van der Waals surface area contributed by atoms with E-state index in [2.05, 4.69) is 15.0 Å². The highest BCUT2D eigenvalue weighted by Crippen LogP contribution is 2.22. The van der Waals surface area contributed by atoms with Crippen LogP contribution < -0.4 is 21.9 Å². The first kappa shape index (κ1) is 25.2. The van der Waals surface area contributed by atoms with Crippen molar-refractivity contribution in [1.82, 2.24) is 19.5 Å². The SMILES string of the molecule is COCCN(C(=O)CSc1nc(C)c(C)c(C)n1)c1c(N)n(Cc2ccccc2)c(=O)[nH]c1=O. The van der Waals surface area contributed by atoms with Gasteiger partial charge in [-0.3, -0.25) is 19.1 Å². The summed E-state index contributed by atoms with van der Waals surface area (Å²) >= 11 is 1.17. The zero-order chi connectivity index (χ0) is 24.8. The monoisotopic (exact) mass is 484 g/mol. The number of aromatic nitrogens is 4. The van der Waals surface area contributed by atoms with Gasteiger partial charge in [0.05, 0.1) is 18.9 Å². The summed E-state index contributed by atoms with van der Waals surface area (Å²) in [5, 5.41) is 0.469. The van der Waals surface area contributed by atoms with E-state index in [9.17, 15) is 14.4 Å². The second kappa shape index (κ2) is 11.1. The Hall–Kier alpha value is -3.44. The van der Waals surface area contributed by atoms with E-state index in [0.29, 0.717) is 5.16 Å². The summed E-state index contributed by atoms with van der Waals surface area (Å²) in [5.41, 5.74) is 8.31. The van der Waals surface area contributed by atoms with Gasteiger partial charge < -0.3 is 15.4 Å². The van der Waals surface area contributed by atoms with Gasteiger partial charge in [-0.05, 0) is 31.9 Å². The van der Waals surface area contributed by atoms with Crippen molar-refractivity contribution in [2.75, 3.05) is 36.6 Å². The van der Waals surface area contributed by atoms with Gasteiger partial charge in [-0.25, -0.2) is 14.8 Å². The maximum Gasteiger partial charge on any atom is 0.330 e. The van der Waals surface area contributed by atoms with Crippen molar-refractivity contribution in [3.63, 3.8) is 0 Å². The van der Waals surface area contributed by atoms with E-state index in [-0.39, 0.29) is 42.9 Å². The highest BCUT2D eigenvalue weighted by atomic mass is 32.2. The number of rotatable bonds is 9. The molecule has 2 aromatic heterocycles. The molecule has 10 nitrogen and oxygen atoms in total. The number of aryl methyl sites for hydroxylation is 2. The second-order valence-corrected chi connectivity index (χ2v) is 8.64. The molecular weight excluding hydrogens is 456 g/mol. The van der Waals surface area contributed by atoms with Gasteiger partial charge in [0.25, 0.3) is 5.56 Å². The topological polar surface area (TPSA) is 136 Å². The number of methoxy groups -OCH3 is 1. The number of aromatic amines is 1. The molecule has 0 saturated heterocycles. The molecule has 0 aliphatic carbocycles. The average Bonchev–Trinajstić information content (AvgIpc) is 2.81. The minimum absolute atomic E-state index is 0.0254. The molecule has 34 heavy (non-hydrogen) atoms. The summed E-state index contributed by atoms with van der Waals surface area (Å²) < 4.78 is 6.37. The molecule has 1 aromatic carbocycles. The van der Waals surface area contributed by atoms with Crippen molar-refractivity contribution >= 4 is 29.2 Å². The van der Waals surface area contributed by atoms with Gasteiger partial charge in [-0.15, -0.1) is 0 Å². The third kappa shape index (κ3) is 5.72. The van der Waals surface area contributed by atoms with E-state index >= 15 is 0 Å². The quantitative estimate of drug-likeness (QED) is 0.346. The minimum Gasteiger partial charge on any atom is -0.383 e. The van der Waals surface area contributed by atoms with Crippen molar-refractivity contribution in [3.05, 3.63) is 73.7 Å². The molecule has 0 unspecified atom stereocenters. The molecule has 180 valence electrons. The Morgan fingerprint density at radius 1 is 1.15 bits per heavy atom. The number of carbonyl (C=O) groups excluding carboxylic acids is 1. The van der Waals surface area contributed by atoms with E-state index in [0.717, 1.165) is 22.5 Å². The first-order chi connectivity index (χ1) is 16.2. The highest BCUT2D eigenvalue weighted by molar-refractivity contribution is 7.99. The molecule has 1 amide bonds. The largest absolute Gasteiger partial charge is 0.383 e. The van der Waals surface area contributed by atoms with E-state index in [1.165, 1.54) is 28.3 Å². The fraction of sp³-hybridized carbons (Fsp3) is 0.348. The standard InChI is InChI=1S/C23H28N6O4S/c1-14-15(2)25-22(26-16(14)3)34-13-18(30)28(10-11-33-4)19-20(24)29(23(32)27-21(19)31)12-17-8-6-5-7-9-17/h5-9H,10-13,24H2,1-4H3,(H,27,31,32). The molecule has 0 bridgehead atoms. The lowest BCUT2D eigenvalue weighted by Gasteiger charge is -2.24. The van der Waals surface area contributed by atoms with Crippen LogP contribution in [0.25, 0.3) is 0 Å². The van der Waals surface area contributed by atoms with Crippen LogP contribution in [0.2, 0.25) is 0 Å². The zero-order valence-corrected chi connectivity index (χ0v) is 20.4. The third-order valence-corrected chi connectivity index (χ3v) is 6.26. The fourth-order valence-corrected chi connectivity index (χ4v) is 4.13. The van der Waals surface area contributed by atoms with Crippen molar-refractivity contribution < 1.29 is 9.53 Å². The van der Waals surface area contributed by atoms with Crippen LogP contribution in [0.5, 0.6) is 0 Å². The molecule has 0 aliphatic heterocycles. The number of ether oxygens (including phenoxy) is 1. The van der Waals surface area contributed by atoms with Crippen LogP contribution in [-0.4, -0.2) is 51.4 Å². The van der Waals surface area contributed by atoms with Crippen LogP contribution in [-0.2, 0) is 16.1 Å². The number of nitrogens with one attached hydrogen (secondary N) is 1. The molecule has 0 atom stereocenters. The maximum atomic E-state index is 13.2. The number of nitrogen functional groups attached to an aromatic ring is 1. The normalized spacial score (nSPS) is 10.9. The van der Waals surface area contributed by atoms with Crippen molar-refractivity contribution in [2.45, 2.75) is 32.5 Å². The Morgan fingerprint density at radius 3 is 2.41 bits per heavy atom. The van der Waals surface area contributed by atoms with Gasteiger partial charge in [0.2, 0.25) is 5.91 Å². The van der Waals surface area contributed by atoms with Crippen molar-refractivity contribution in [1.29, 1.82) is 0 Å². The molecule has 0 aliphatic rings. The predicted molar refractivity (Wildman–Crippen MR) is 132 cm³/mol. The molecule has 0 spiro atoms.